The third kappa shape index (κ3) is 3.39. The molecule has 0 atom stereocenters. The molecule has 0 bridgehead atoms. The van der Waals surface area contributed by atoms with E-state index in [2.05, 4.69) is 18.9 Å². The highest BCUT2D eigenvalue weighted by molar-refractivity contribution is 8.00. The van der Waals surface area contributed by atoms with Gasteiger partial charge in [-0.2, -0.15) is 5.10 Å². The number of thioether (sulfide) groups is 1. The van der Waals surface area contributed by atoms with Crippen molar-refractivity contribution < 1.29 is 13.6 Å². The average molecular weight is 337 g/mol. The minimum absolute atomic E-state index is 0.129. The second-order valence-corrected chi connectivity index (χ2v) is 7.78. The van der Waals surface area contributed by atoms with Gasteiger partial charge in [0.2, 0.25) is 0 Å². The third-order valence-electron chi connectivity index (χ3n) is 3.51. The Morgan fingerprint density at radius 3 is 2.83 bits per heavy atom. The molecule has 0 fully saturated rings. The van der Waals surface area contributed by atoms with E-state index in [1.807, 2.05) is 24.3 Å². The lowest BCUT2D eigenvalue weighted by Gasteiger charge is -2.38. The van der Waals surface area contributed by atoms with Crippen LogP contribution < -0.4 is 4.90 Å². The predicted octanol–water partition coefficient (Wildman–Crippen LogP) is 3.68. The molecule has 0 spiro atoms. The molecule has 2 aromatic rings. The maximum atomic E-state index is 12.8. The van der Waals surface area contributed by atoms with Crippen molar-refractivity contribution in [3.63, 3.8) is 0 Å². The summed E-state index contributed by atoms with van der Waals surface area (Å²) in [5, 5.41) is 3.98. The standard InChI is InChI=1S/C16H17F2N3OS/c1-16(2)10-21(12-5-3-4-6-13(12)23-16)15(22)11-7-8-20(19-11)9-14(17)18/h3-8,14H,9-10H2,1-2H3. The fourth-order valence-corrected chi connectivity index (χ4v) is 3.82. The second kappa shape index (κ2) is 5.96. The largest absolute Gasteiger partial charge is 0.304 e. The van der Waals surface area contributed by atoms with Crippen LogP contribution in [0.4, 0.5) is 14.5 Å². The van der Waals surface area contributed by atoms with Gasteiger partial charge in [0.1, 0.15) is 6.54 Å². The minimum atomic E-state index is -2.50. The lowest BCUT2D eigenvalue weighted by atomic mass is 10.1. The summed E-state index contributed by atoms with van der Waals surface area (Å²) in [6.45, 7) is 4.17. The number of carbonyl (C=O) groups is 1. The third-order valence-corrected chi connectivity index (χ3v) is 4.76. The molecule has 0 N–H and O–H groups in total. The van der Waals surface area contributed by atoms with E-state index < -0.39 is 13.0 Å². The van der Waals surface area contributed by atoms with Crippen LogP contribution in [0.1, 0.15) is 24.3 Å². The Bertz CT molecular complexity index is 730. The van der Waals surface area contributed by atoms with Gasteiger partial charge in [0, 0.05) is 22.4 Å². The first-order valence-electron chi connectivity index (χ1n) is 7.27. The number of carbonyl (C=O) groups excluding carboxylic acids is 1. The molecule has 122 valence electrons. The quantitative estimate of drug-likeness (QED) is 0.857. The highest BCUT2D eigenvalue weighted by Gasteiger charge is 2.35. The first-order chi connectivity index (χ1) is 10.9. The summed E-state index contributed by atoms with van der Waals surface area (Å²) in [5.74, 6) is -0.265. The van der Waals surface area contributed by atoms with E-state index in [0.717, 1.165) is 15.3 Å². The van der Waals surface area contributed by atoms with E-state index in [1.165, 1.54) is 12.3 Å². The predicted molar refractivity (Wildman–Crippen MR) is 86.3 cm³/mol. The summed E-state index contributed by atoms with van der Waals surface area (Å²) >= 11 is 1.73. The van der Waals surface area contributed by atoms with Crippen LogP contribution in [0.2, 0.25) is 0 Å². The van der Waals surface area contributed by atoms with Crippen LogP contribution in [0.3, 0.4) is 0 Å². The fraction of sp³-hybridized carbons (Fsp3) is 0.375. The number of hydrogen-bond acceptors (Lipinski definition) is 3. The lowest BCUT2D eigenvalue weighted by Crippen LogP contribution is -2.44. The highest BCUT2D eigenvalue weighted by Crippen LogP contribution is 2.44. The Balaban J connectivity index is 1.91. The average Bonchev–Trinajstić information content (AvgIpc) is 2.92. The second-order valence-electron chi connectivity index (χ2n) is 6.03. The van der Waals surface area contributed by atoms with Crippen molar-refractivity contribution in [2.75, 3.05) is 11.4 Å². The zero-order chi connectivity index (χ0) is 16.6. The fourth-order valence-electron chi connectivity index (χ4n) is 2.60. The Hall–Kier alpha value is -1.89. The normalized spacial score (nSPS) is 16.5. The molecule has 1 aliphatic heterocycles. The molecular weight excluding hydrogens is 320 g/mol. The number of halogens is 2. The lowest BCUT2D eigenvalue weighted by molar-refractivity contribution is 0.0973. The first kappa shape index (κ1) is 16.0. The summed E-state index contributed by atoms with van der Waals surface area (Å²) < 4.78 is 25.8. The van der Waals surface area contributed by atoms with Crippen LogP contribution in [0.5, 0.6) is 0 Å². The zero-order valence-electron chi connectivity index (χ0n) is 12.9. The monoisotopic (exact) mass is 337 g/mol. The first-order valence-corrected chi connectivity index (χ1v) is 8.09. The number of fused-ring (bicyclic) bond motifs is 1. The Labute approximate surface area is 137 Å². The summed E-state index contributed by atoms with van der Waals surface area (Å²) in [6.07, 6.45) is -1.08. The van der Waals surface area contributed by atoms with E-state index in [9.17, 15) is 13.6 Å². The minimum Gasteiger partial charge on any atom is -0.304 e. The van der Waals surface area contributed by atoms with Crippen LogP contribution in [-0.4, -0.2) is 33.4 Å². The van der Waals surface area contributed by atoms with Crippen LogP contribution >= 0.6 is 11.8 Å². The molecule has 1 aromatic carbocycles. The van der Waals surface area contributed by atoms with Gasteiger partial charge in [-0.1, -0.05) is 12.1 Å². The van der Waals surface area contributed by atoms with E-state index in [1.54, 1.807) is 16.7 Å². The number of amides is 1. The van der Waals surface area contributed by atoms with Crippen molar-refractivity contribution in [2.24, 2.45) is 0 Å². The summed E-state index contributed by atoms with van der Waals surface area (Å²) in [5.41, 5.74) is 1.02. The molecule has 2 heterocycles. The van der Waals surface area contributed by atoms with E-state index in [4.69, 9.17) is 0 Å². The molecule has 3 rings (SSSR count). The smallest absolute Gasteiger partial charge is 0.278 e. The number of alkyl halides is 2. The molecule has 0 unspecified atom stereocenters. The molecule has 7 heteroatoms. The van der Waals surface area contributed by atoms with Crippen LogP contribution in [-0.2, 0) is 6.54 Å². The van der Waals surface area contributed by atoms with Crippen molar-refractivity contribution in [3.8, 4) is 0 Å². The van der Waals surface area contributed by atoms with E-state index >= 15 is 0 Å². The molecule has 0 saturated carbocycles. The molecular formula is C16H17F2N3OS. The molecule has 0 aliphatic carbocycles. The number of rotatable bonds is 3. The molecule has 0 saturated heterocycles. The highest BCUT2D eigenvalue weighted by atomic mass is 32.2. The maximum Gasteiger partial charge on any atom is 0.278 e. The van der Waals surface area contributed by atoms with Crippen LogP contribution in [0.25, 0.3) is 0 Å². The maximum absolute atomic E-state index is 12.8. The molecule has 0 radical (unpaired) electrons. The Morgan fingerprint density at radius 1 is 1.35 bits per heavy atom. The number of hydrogen-bond donors (Lipinski definition) is 0. The summed E-state index contributed by atoms with van der Waals surface area (Å²) in [6, 6.07) is 9.19. The van der Waals surface area contributed by atoms with Gasteiger partial charge < -0.3 is 4.90 Å². The van der Waals surface area contributed by atoms with Crippen molar-refractivity contribution >= 4 is 23.4 Å². The van der Waals surface area contributed by atoms with Gasteiger partial charge in [-0.25, -0.2) is 8.78 Å². The van der Waals surface area contributed by atoms with Crippen molar-refractivity contribution in [1.29, 1.82) is 0 Å². The number of benzene rings is 1. The van der Waals surface area contributed by atoms with Crippen LogP contribution in [0, 0.1) is 0 Å². The molecule has 4 nitrogen and oxygen atoms in total. The SMILES string of the molecule is CC1(C)CN(C(=O)c2ccn(CC(F)F)n2)c2ccccc2S1. The Kier molecular flexibility index (Phi) is 4.14. The van der Waals surface area contributed by atoms with E-state index in [-0.39, 0.29) is 16.3 Å². The number of nitrogens with zero attached hydrogens (tertiary/aromatic N) is 3. The van der Waals surface area contributed by atoms with Gasteiger partial charge in [-0.05, 0) is 32.0 Å². The summed E-state index contributed by atoms with van der Waals surface area (Å²) in [7, 11) is 0. The van der Waals surface area contributed by atoms with Crippen molar-refractivity contribution in [3.05, 3.63) is 42.2 Å². The van der Waals surface area contributed by atoms with Gasteiger partial charge in [0.05, 0.1) is 5.69 Å². The summed E-state index contributed by atoms with van der Waals surface area (Å²) in [4.78, 5) is 15.5. The van der Waals surface area contributed by atoms with Gasteiger partial charge >= 0.3 is 0 Å². The number of aromatic nitrogens is 2. The Morgan fingerprint density at radius 2 is 2.09 bits per heavy atom. The molecule has 1 aliphatic rings. The zero-order valence-corrected chi connectivity index (χ0v) is 13.7. The number of anilines is 1. The van der Waals surface area contributed by atoms with E-state index in [0.29, 0.717) is 6.54 Å². The van der Waals surface area contributed by atoms with Gasteiger partial charge in [-0.3, -0.25) is 9.48 Å². The molecule has 1 amide bonds. The van der Waals surface area contributed by atoms with Gasteiger partial charge in [0.25, 0.3) is 12.3 Å². The van der Waals surface area contributed by atoms with Crippen LogP contribution in [0.15, 0.2) is 41.4 Å². The van der Waals surface area contributed by atoms with Gasteiger partial charge in [0.15, 0.2) is 5.69 Å². The number of para-hydroxylation sites is 1. The van der Waals surface area contributed by atoms with Crippen molar-refractivity contribution in [2.45, 2.75) is 36.5 Å². The molecule has 1 aromatic heterocycles. The topological polar surface area (TPSA) is 38.1 Å². The van der Waals surface area contributed by atoms with Crippen molar-refractivity contribution in [1.82, 2.24) is 9.78 Å². The molecule has 23 heavy (non-hydrogen) atoms. The van der Waals surface area contributed by atoms with Gasteiger partial charge in [-0.15, -0.1) is 11.8 Å².